The van der Waals surface area contributed by atoms with E-state index in [0.29, 0.717) is 5.75 Å². The van der Waals surface area contributed by atoms with Crippen LogP contribution in [0.5, 0.6) is 5.75 Å². The molecule has 1 atom stereocenters. The van der Waals surface area contributed by atoms with Crippen molar-refractivity contribution in [2.24, 2.45) is 0 Å². The fourth-order valence-corrected chi connectivity index (χ4v) is 3.03. The second kappa shape index (κ2) is 6.23. The molecule has 1 radical (unpaired) electrons. The first-order valence-electron chi connectivity index (χ1n) is 6.27. The minimum Gasteiger partial charge on any atom is -0.490 e. The van der Waals surface area contributed by atoms with Gasteiger partial charge in [-0.25, -0.2) is 8.42 Å². The highest BCUT2D eigenvalue weighted by Crippen LogP contribution is 2.22. The maximum absolute atomic E-state index is 11.9. The standard InChI is InChI=1S/C13H16N3O4S/c1-9-4-3-5-10(2)12(9)20-6-11(17)7-21(18,19)13-14-8-15-16-13/h4-5,8,11,17H,6-7H2,1-2H3,(H,14,15,16). The zero-order valence-corrected chi connectivity index (χ0v) is 12.5. The highest BCUT2D eigenvalue weighted by molar-refractivity contribution is 7.91. The van der Waals surface area contributed by atoms with Crippen LogP contribution in [0, 0.1) is 19.9 Å². The van der Waals surface area contributed by atoms with Crippen LogP contribution < -0.4 is 4.74 Å². The third-order valence-electron chi connectivity index (χ3n) is 2.84. The molecule has 8 heteroatoms. The first kappa shape index (κ1) is 15.5. The Bertz CT molecular complexity index is 678. The van der Waals surface area contributed by atoms with Crippen LogP contribution in [-0.4, -0.2) is 47.2 Å². The van der Waals surface area contributed by atoms with Gasteiger partial charge in [-0.15, -0.1) is 10.2 Å². The summed E-state index contributed by atoms with van der Waals surface area (Å²) in [4.78, 5) is 2.41. The van der Waals surface area contributed by atoms with E-state index in [-0.39, 0.29) is 11.8 Å². The first-order valence-corrected chi connectivity index (χ1v) is 7.92. The number of aryl methyl sites for hydroxylation is 2. The number of aliphatic hydroxyl groups is 1. The van der Waals surface area contributed by atoms with E-state index in [0.717, 1.165) is 11.1 Å². The normalized spacial score (nSPS) is 13.1. The maximum Gasteiger partial charge on any atom is 0.246 e. The van der Waals surface area contributed by atoms with E-state index in [1.165, 1.54) is 6.33 Å². The molecule has 0 bridgehead atoms. The Hall–Kier alpha value is -1.93. The molecule has 0 amide bonds. The Kier molecular flexibility index (Phi) is 4.59. The molecular formula is C13H16N3O4S. The number of nitrogens with zero attached hydrogens (tertiary/aromatic N) is 2. The van der Waals surface area contributed by atoms with Gasteiger partial charge < -0.3 is 14.8 Å². The lowest BCUT2D eigenvalue weighted by Crippen LogP contribution is -2.28. The number of ether oxygens (including phenoxy) is 1. The number of sulfone groups is 1. The number of aromatic amines is 1. The smallest absolute Gasteiger partial charge is 0.246 e. The lowest BCUT2D eigenvalue weighted by molar-refractivity contribution is 0.124. The van der Waals surface area contributed by atoms with Gasteiger partial charge in [0, 0.05) is 0 Å². The second-order valence-electron chi connectivity index (χ2n) is 4.69. The van der Waals surface area contributed by atoms with Crippen LogP contribution in [0.3, 0.4) is 0 Å². The van der Waals surface area contributed by atoms with Gasteiger partial charge in [-0.1, -0.05) is 0 Å². The lowest BCUT2D eigenvalue weighted by atomic mass is 10.1. The summed E-state index contributed by atoms with van der Waals surface area (Å²) in [6.07, 6.45) is 0.00579. The average molecular weight is 310 g/mol. The minimum atomic E-state index is -3.71. The molecule has 7 nitrogen and oxygen atoms in total. The number of hydrogen-bond donors (Lipinski definition) is 2. The molecule has 1 heterocycles. The van der Waals surface area contributed by atoms with E-state index >= 15 is 0 Å². The summed E-state index contributed by atoms with van der Waals surface area (Å²) >= 11 is 0. The number of H-pyrrole nitrogens is 1. The molecule has 2 aromatic rings. The zero-order chi connectivity index (χ0) is 15.5. The second-order valence-corrected chi connectivity index (χ2v) is 6.64. The van der Waals surface area contributed by atoms with E-state index in [9.17, 15) is 13.5 Å². The maximum atomic E-state index is 11.9. The van der Waals surface area contributed by atoms with E-state index in [1.807, 2.05) is 13.8 Å². The molecule has 0 saturated carbocycles. The topological polar surface area (TPSA) is 105 Å². The lowest BCUT2D eigenvalue weighted by Gasteiger charge is -2.15. The molecule has 0 saturated heterocycles. The molecule has 2 N–H and O–H groups in total. The summed E-state index contributed by atoms with van der Waals surface area (Å²) in [5.41, 5.74) is 1.75. The Morgan fingerprint density at radius 3 is 2.62 bits per heavy atom. The summed E-state index contributed by atoms with van der Waals surface area (Å²) in [6.45, 7) is 3.59. The quantitative estimate of drug-likeness (QED) is 0.802. The summed E-state index contributed by atoms with van der Waals surface area (Å²) in [6, 6.07) is 6.48. The molecule has 0 aliphatic heterocycles. The van der Waals surface area contributed by atoms with Crippen LogP contribution in [-0.2, 0) is 9.84 Å². The first-order chi connectivity index (χ1) is 9.90. The van der Waals surface area contributed by atoms with Crippen LogP contribution in [0.15, 0.2) is 23.6 Å². The van der Waals surface area contributed by atoms with Crippen LogP contribution in [0.25, 0.3) is 0 Å². The highest BCUT2D eigenvalue weighted by atomic mass is 32.2. The summed E-state index contributed by atoms with van der Waals surface area (Å²) < 4.78 is 29.3. The SMILES string of the molecule is Cc1c[c]cc(C)c1OCC(O)CS(=O)(=O)c1nnc[nH]1. The fraction of sp³-hybridized carbons (Fsp3) is 0.385. The number of benzene rings is 1. The van der Waals surface area contributed by atoms with Crippen LogP contribution in [0.1, 0.15) is 11.1 Å². The average Bonchev–Trinajstić information content (AvgIpc) is 2.92. The van der Waals surface area contributed by atoms with Gasteiger partial charge >= 0.3 is 0 Å². The van der Waals surface area contributed by atoms with Crippen molar-refractivity contribution in [1.82, 2.24) is 15.2 Å². The van der Waals surface area contributed by atoms with Crippen molar-refractivity contribution in [3.8, 4) is 5.75 Å². The molecule has 2 rings (SSSR count). The van der Waals surface area contributed by atoms with Gasteiger partial charge in [0.1, 0.15) is 24.8 Å². The Balaban J connectivity index is 1.98. The van der Waals surface area contributed by atoms with E-state index in [4.69, 9.17) is 4.74 Å². The summed E-state index contributed by atoms with van der Waals surface area (Å²) in [5.74, 6) is 0.143. The van der Waals surface area contributed by atoms with Crippen molar-refractivity contribution in [3.05, 3.63) is 35.7 Å². The molecule has 0 spiro atoms. The fourth-order valence-electron chi connectivity index (χ4n) is 1.87. The largest absolute Gasteiger partial charge is 0.490 e. The molecule has 0 aliphatic carbocycles. The van der Waals surface area contributed by atoms with Crippen molar-refractivity contribution in [2.75, 3.05) is 12.4 Å². The third-order valence-corrected chi connectivity index (χ3v) is 4.45. The van der Waals surface area contributed by atoms with Crippen LogP contribution >= 0.6 is 0 Å². The van der Waals surface area contributed by atoms with Gasteiger partial charge in [-0.3, -0.25) is 0 Å². The molecule has 0 fully saturated rings. The van der Waals surface area contributed by atoms with Crippen molar-refractivity contribution < 1.29 is 18.3 Å². The number of aromatic nitrogens is 3. The number of aliphatic hydroxyl groups excluding tert-OH is 1. The van der Waals surface area contributed by atoms with E-state index < -0.39 is 21.7 Å². The van der Waals surface area contributed by atoms with Gasteiger partial charge in [0.05, 0.1) is 5.75 Å². The molecule has 1 aromatic heterocycles. The summed E-state index contributed by atoms with van der Waals surface area (Å²) in [5, 5.41) is 16.4. The molecule has 113 valence electrons. The highest BCUT2D eigenvalue weighted by Gasteiger charge is 2.23. The minimum absolute atomic E-state index is 0.126. The Morgan fingerprint density at radius 2 is 2.05 bits per heavy atom. The van der Waals surface area contributed by atoms with Gasteiger partial charge in [0.25, 0.3) is 0 Å². The van der Waals surface area contributed by atoms with Gasteiger partial charge in [-0.05, 0) is 43.2 Å². The van der Waals surface area contributed by atoms with Crippen LogP contribution in [0.4, 0.5) is 0 Å². The molecule has 0 aliphatic rings. The Labute approximate surface area is 122 Å². The molecular weight excluding hydrogens is 294 g/mol. The van der Waals surface area contributed by atoms with Crippen molar-refractivity contribution in [2.45, 2.75) is 25.1 Å². The predicted octanol–water partition coefficient (Wildman–Crippen LogP) is 0.435. The van der Waals surface area contributed by atoms with Gasteiger partial charge in [0.15, 0.2) is 0 Å². The molecule has 21 heavy (non-hydrogen) atoms. The van der Waals surface area contributed by atoms with Gasteiger partial charge in [-0.2, -0.15) is 0 Å². The van der Waals surface area contributed by atoms with E-state index in [2.05, 4.69) is 21.2 Å². The van der Waals surface area contributed by atoms with E-state index in [1.54, 1.807) is 12.1 Å². The Morgan fingerprint density at radius 1 is 1.38 bits per heavy atom. The van der Waals surface area contributed by atoms with Gasteiger partial charge in [0.2, 0.25) is 15.0 Å². The molecule has 1 aromatic carbocycles. The monoisotopic (exact) mass is 310 g/mol. The summed E-state index contributed by atoms with van der Waals surface area (Å²) in [7, 11) is -3.71. The van der Waals surface area contributed by atoms with Crippen molar-refractivity contribution in [3.63, 3.8) is 0 Å². The molecule has 1 unspecified atom stereocenters. The van der Waals surface area contributed by atoms with Crippen molar-refractivity contribution in [1.29, 1.82) is 0 Å². The number of rotatable bonds is 6. The number of nitrogens with one attached hydrogen (secondary N) is 1. The number of hydrogen-bond acceptors (Lipinski definition) is 6. The van der Waals surface area contributed by atoms with Crippen molar-refractivity contribution >= 4 is 9.84 Å². The van der Waals surface area contributed by atoms with Crippen LogP contribution in [0.2, 0.25) is 0 Å². The predicted molar refractivity (Wildman–Crippen MR) is 74.7 cm³/mol. The zero-order valence-electron chi connectivity index (χ0n) is 11.7. The third kappa shape index (κ3) is 3.79.